The van der Waals surface area contributed by atoms with Gasteiger partial charge in [0.15, 0.2) is 0 Å². The molecule has 0 rings (SSSR count). The van der Waals surface area contributed by atoms with E-state index in [-0.39, 0.29) is 5.91 Å². The summed E-state index contributed by atoms with van der Waals surface area (Å²) < 4.78 is 5.77. The zero-order valence-corrected chi connectivity index (χ0v) is 21.7. The minimum absolute atomic E-state index is 0.0563. The minimum atomic E-state index is 0.0563. The maximum absolute atomic E-state index is 12.4. The largest absolute Gasteiger partial charge is 0.498 e. The summed E-state index contributed by atoms with van der Waals surface area (Å²) in [6, 6.07) is 0. The first kappa shape index (κ1) is 30.0. The van der Waals surface area contributed by atoms with Gasteiger partial charge in [0.2, 0.25) is 0 Å². The Morgan fingerprint density at radius 3 is 1.48 bits per heavy atom. The van der Waals surface area contributed by atoms with Gasteiger partial charge in [-0.3, -0.25) is 4.79 Å². The molecule has 0 heterocycles. The Morgan fingerprint density at radius 2 is 1.03 bits per heavy atom. The molecular formula is C28H55NO2. The molecule has 0 unspecified atom stereocenters. The molecule has 0 aromatic heterocycles. The highest BCUT2D eigenvalue weighted by Crippen LogP contribution is 2.14. The predicted molar refractivity (Wildman–Crippen MR) is 136 cm³/mol. The Morgan fingerprint density at radius 1 is 0.613 bits per heavy atom. The van der Waals surface area contributed by atoms with E-state index >= 15 is 0 Å². The number of nitrogens with one attached hydrogen (secondary N) is 1. The summed E-state index contributed by atoms with van der Waals surface area (Å²) in [7, 11) is 0. The summed E-state index contributed by atoms with van der Waals surface area (Å²) in [4.78, 5) is 12.4. The average Bonchev–Trinajstić information content (AvgIpc) is 2.77. The number of carbonyl (C=O) groups is 1. The van der Waals surface area contributed by atoms with Gasteiger partial charge < -0.3 is 10.1 Å². The highest BCUT2D eigenvalue weighted by atomic mass is 16.5. The smallest absolute Gasteiger partial charge is 0.250 e. The van der Waals surface area contributed by atoms with Crippen molar-refractivity contribution < 1.29 is 9.53 Å². The van der Waals surface area contributed by atoms with Gasteiger partial charge in [-0.1, -0.05) is 124 Å². The van der Waals surface area contributed by atoms with Crippen molar-refractivity contribution in [2.24, 2.45) is 0 Å². The van der Waals surface area contributed by atoms with Crippen molar-refractivity contribution in [1.82, 2.24) is 5.32 Å². The third-order valence-corrected chi connectivity index (χ3v) is 6.18. The molecule has 184 valence electrons. The van der Waals surface area contributed by atoms with E-state index in [1.807, 2.05) is 13.8 Å². The quantitative estimate of drug-likeness (QED) is 0.0984. The highest BCUT2D eigenvalue weighted by Gasteiger charge is 2.11. The monoisotopic (exact) mass is 437 g/mol. The molecule has 31 heavy (non-hydrogen) atoms. The molecule has 0 saturated heterocycles. The Hall–Kier alpha value is -0.990. The van der Waals surface area contributed by atoms with Gasteiger partial charge in [-0.25, -0.2) is 0 Å². The Balaban J connectivity index is 3.55. The van der Waals surface area contributed by atoms with Crippen LogP contribution in [-0.4, -0.2) is 19.1 Å². The molecule has 3 nitrogen and oxygen atoms in total. The van der Waals surface area contributed by atoms with Crippen molar-refractivity contribution in [2.75, 3.05) is 13.2 Å². The first-order chi connectivity index (χ1) is 15.2. The van der Waals surface area contributed by atoms with E-state index in [2.05, 4.69) is 19.2 Å². The molecule has 0 fully saturated rings. The van der Waals surface area contributed by atoms with Crippen molar-refractivity contribution in [3.8, 4) is 0 Å². The van der Waals surface area contributed by atoms with Crippen molar-refractivity contribution >= 4 is 5.91 Å². The van der Waals surface area contributed by atoms with E-state index in [1.165, 1.54) is 103 Å². The summed E-state index contributed by atoms with van der Waals surface area (Å²) >= 11 is 0. The maximum atomic E-state index is 12.4. The van der Waals surface area contributed by atoms with E-state index in [4.69, 9.17) is 4.74 Å². The predicted octanol–water partition coefficient (Wildman–Crippen LogP) is 8.86. The first-order valence-corrected chi connectivity index (χ1v) is 13.8. The highest BCUT2D eigenvalue weighted by molar-refractivity contribution is 5.93. The van der Waals surface area contributed by atoms with Crippen LogP contribution in [0, 0.1) is 0 Å². The van der Waals surface area contributed by atoms with Crippen LogP contribution in [-0.2, 0) is 9.53 Å². The lowest BCUT2D eigenvalue weighted by Gasteiger charge is -2.12. The summed E-state index contributed by atoms with van der Waals surface area (Å²) in [6.45, 7) is 9.93. The summed E-state index contributed by atoms with van der Waals surface area (Å²) in [6.07, 6.45) is 24.7. The topological polar surface area (TPSA) is 38.3 Å². The zero-order valence-electron chi connectivity index (χ0n) is 21.7. The second-order valence-electron chi connectivity index (χ2n) is 9.15. The number of ether oxygens (including phenoxy) is 1. The number of hydrogen-bond donors (Lipinski definition) is 1. The maximum Gasteiger partial charge on any atom is 0.250 e. The van der Waals surface area contributed by atoms with Crippen LogP contribution < -0.4 is 5.32 Å². The molecule has 1 amide bonds. The molecule has 0 spiro atoms. The van der Waals surface area contributed by atoms with Crippen LogP contribution >= 0.6 is 0 Å². The van der Waals surface area contributed by atoms with Crippen LogP contribution in [0.5, 0.6) is 0 Å². The van der Waals surface area contributed by atoms with E-state index in [9.17, 15) is 4.79 Å². The Labute approximate surface area is 195 Å². The Kier molecular flexibility index (Phi) is 22.9. The van der Waals surface area contributed by atoms with Gasteiger partial charge in [0, 0.05) is 6.54 Å². The van der Waals surface area contributed by atoms with E-state index < -0.39 is 0 Å². The number of amides is 1. The van der Waals surface area contributed by atoms with Crippen molar-refractivity contribution in [1.29, 1.82) is 0 Å². The lowest BCUT2D eigenvalue weighted by atomic mass is 10.0. The summed E-state index contributed by atoms with van der Waals surface area (Å²) in [5.41, 5.74) is 0.803. The molecule has 0 bridgehead atoms. The number of unbranched alkanes of at least 4 members (excludes halogenated alkanes) is 16. The summed E-state index contributed by atoms with van der Waals surface area (Å²) in [5, 5.41) is 3.09. The van der Waals surface area contributed by atoms with Crippen molar-refractivity contribution in [3.63, 3.8) is 0 Å². The van der Waals surface area contributed by atoms with Gasteiger partial charge in [0.05, 0.1) is 12.2 Å². The van der Waals surface area contributed by atoms with E-state index in [1.54, 1.807) is 0 Å². The van der Waals surface area contributed by atoms with E-state index in [0.29, 0.717) is 0 Å². The second-order valence-corrected chi connectivity index (χ2v) is 9.15. The fraction of sp³-hybridized carbons (Fsp3) is 0.893. The minimum Gasteiger partial charge on any atom is -0.498 e. The van der Waals surface area contributed by atoms with Gasteiger partial charge >= 0.3 is 0 Å². The van der Waals surface area contributed by atoms with Gasteiger partial charge in [-0.2, -0.15) is 0 Å². The fourth-order valence-corrected chi connectivity index (χ4v) is 4.04. The van der Waals surface area contributed by atoms with Crippen LogP contribution in [0.1, 0.15) is 150 Å². The fourth-order valence-electron chi connectivity index (χ4n) is 4.04. The molecule has 0 saturated carbocycles. The van der Waals surface area contributed by atoms with Crippen LogP contribution in [0.4, 0.5) is 0 Å². The molecule has 0 atom stereocenters. The molecule has 1 N–H and O–H groups in total. The molecule has 0 aliphatic heterocycles. The molecule has 0 aromatic rings. The zero-order chi connectivity index (χ0) is 23.0. The van der Waals surface area contributed by atoms with Crippen molar-refractivity contribution in [3.05, 3.63) is 11.3 Å². The molecule has 0 radical (unpaired) electrons. The van der Waals surface area contributed by atoms with Crippen molar-refractivity contribution in [2.45, 2.75) is 150 Å². The van der Waals surface area contributed by atoms with Crippen LogP contribution in [0.3, 0.4) is 0 Å². The number of hydrogen-bond acceptors (Lipinski definition) is 2. The third-order valence-electron chi connectivity index (χ3n) is 6.18. The average molecular weight is 438 g/mol. The normalized spacial score (nSPS) is 12.0. The third kappa shape index (κ3) is 19.4. The molecule has 0 aromatic carbocycles. The number of rotatable bonds is 23. The van der Waals surface area contributed by atoms with Gasteiger partial charge in [-0.05, 0) is 26.2 Å². The summed E-state index contributed by atoms with van der Waals surface area (Å²) in [5.74, 6) is 0.855. The number of allylic oxidation sites excluding steroid dienone is 1. The lowest BCUT2D eigenvalue weighted by molar-refractivity contribution is -0.117. The standard InChI is InChI=1S/C28H55NO2/c1-5-8-10-11-12-13-14-15-16-17-18-19-20-21-22-24-29-28(30)27(7-3)26(4)31-25-23-9-6-2/h5-25H2,1-4H3,(H,29,30). The SMILES string of the molecule is CCCCCCCCCCCCCCCCCNC(=O)C(CC)=C(C)OCCCCC. The Bertz CT molecular complexity index is 431. The van der Waals surface area contributed by atoms with Gasteiger partial charge in [-0.15, -0.1) is 0 Å². The molecule has 0 aliphatic carbocycles. The van der Waals surface area contributed by atoms with Gasteiger partial charge in [0.25, 0.3) is 5.91 Å². The van der Waals surface area contributed by atoms with Crippen LogP contribution in [0.25, 0.3) is 0 Å². The molecule has 0 aliphatic rings. The molecular weight excluding hydrogens is 382 g/mol. The number of carbonyl (C=O) groups excluding carboxylic acids is 1. The van der Waals surface area contributed by atoms with Crippen LogP contribution in [0.15, 0.2) is 11.3 Å². The van der Waals surface area contributed by atoms with Crippen LogP contribution in [0.2, 0.25) is 0 Å². The first-order valence-electron chi connectivity index (χ1n) is 13.8. The second kappa shape index (κ2) is 23.7. The lowest BCUT2D eigenvalue weighted by Crippen LogP contribution is -2.27. The van der Waals surface area contributed by atoms with E-state index in [0.717, 1.165) is 43.7 Å². The van der Waals surface area contributed by atoms with Gasteiger partial charge in [0.1, 0.15) is 5.76 Å². The molecule has 3 heteroatoms.